The van der Waals surface area contributed by atoms with E-state index in [-0.39, 0.29) is 10.5 Å². The number of sulfonamides is 1. The molecule has 0 radical (unpaired) electrons. The van der Waals surface area contributed by atoms with E-state index >= 15 is 0 Å². The molecule has 1 N–H and O–H groups in total. The third-order valence-electron chi connectivity index (χ3n) is 3.98. The zero-order chi connectivity index (χ0) is 15.7. The van der Waals surface area contributed by atoms with Crippen molar-refractivity contribution in [3.63, 3.8) is 0 Å². The average Bonchev–Trinajstić information content (AvgIpc) is 2.42. The number of halogens is 1. The molecule has 0 bridgehead atoms. The predicted octanol–water partition coefficient (Wildman–Crippen LogP) is 2.22. The van der Waals surface area contributed by atoms with Crippen molar-refractivity contribution < 1.29 is 22.3 Å². The summed E-state index contributed by atoms with van der Waals surface area (Å²) in [7, 11) is -2.84. The maximum Gasteiger partial charge on any atom is 0.339 e. The van der Waals surface area contributed by atoms with Crippen molar-refractivity contribution >= 4 is 16.0 Å². The molecule has 2 rings (SSSR count). The molecule has 1 saturated carbocycles. The number of carbonyl (C=O) groups excluding carboxylic acids is 1. The Bertz CT molecular complexity index is 647. The van der Waals surface area contributed by atoms with E-state index in [2.05, 4.69) is 9.46 Å². The van der Waals surface area contributed by atoms with Crippen LogP contribution >= 0.6 is 0 Å². The first kappa shape index (κ1) is 15.9. The Balaban J connectivity index is 2.44. The second-order valence-corrected chi connectivity index (χ2v) is 6.88. The van der Waals surface area contributed by atoms with Crippen LogP contribution in [0.4, 0.5) is 4.39 Å². The molecule has 0 unspecified atom stereocenters. The third kappa shape index (κ3) is 3.08. The van der Waals surface area contributed by atoms with Crippen molar-refractivity contribution in [2.45, 2.75) is 43.0 Å². The lowest BCUT2D eigenvalue weighted by atomic mass is 9.76. The van der Waals surface area contributed by atoms with Crippen LogP contribution in [-0.4, -0.2) is 27.0 Å². The fraction of sp³-hybridized carbons (Fsp3) is 0.500. The largest absolute Gasteiger partial charge is 0.465 e. The summed E-state index contributed by atoms with van der Waals surface area (Å²) >= 11 is 0. The molecule has 7 heteroatoms. The van der Waals surface area contributed by atoms with Crippen molar-refractivity contribution in [1.82, 2.24) is 4.72 Å². The summed E-state index contributed by atoms with van der Waals surface area (Å²) in [4.78, 5) is 11.3. The molecular formula is C14H18FNO4S. The molecule has 0 saturated heterocycles. The molecule has 0 spiro atoms. The molecule has 0 aromatic heterocycles. The number of carbonyl (C=O) groups is 1. The first-order valence-corrected chi connectivity index (χ1v) is 8.24. The van der Waals surface area contributed by atoms with E-state index in [1.165, 1.54) is 0 Å². The Labute approximate surface area is 123 Å². The second-order valence-electron chi connectivity index (χ2n) is 5.22. The number of hydrogen-bond acceptors (Lipinski definition) is 4. The summed E-state index contributed by atoms with van der Waals surface area (Å²) in [5.74, 6) is -1.53. The van der Waals surface area contributed by atoms with Crippen LogP contribution in [0.15, 0.2) is 23.1 Å². The van der Waals surface area contributed by atoms with Gasteiger partial charge in [-0.25, -0.2) is 22.3 Å². The first-order chi connectivity index (χ1) is 9.83. The van der Waals surface area contributed by atoms with Crippen molar-refractivity contribution in [2.75, 3.05) is 7.11 Å². The van der Waals surface area contributed by atoms with Gasteiger partial charge in [0, 0.05) is 5.54 Å². The van der Waals surface area contributed by atoms with Gasteiger partial charge in [-0.3, -0.25) is 0 Å². The Morgan fingerprint density at radius 2 is 2.10 bits per heavy atom. The van der Waals surface area contributed by atoms with Gasteiger partial charge in [-0.1, -0.05) is 6.92 Å². The lowest BCUT2D eigenvalue weighted by molar-refractivity contribution is 0.0596. The van der Waals surface area contributed by atoms with Crippen molar-refractivity contribution in [2.24, 2.45) is 0 Å². The summed E-state index contributed by atoms with van der Waals surface area (Å²) in [5, 5.41) is 0. The normalized spacial score (nSPS) is 17.1. The molecule has 1 aromatic carbocycles. The van der Waals surface area contributed by atoms with Gasteiger partial charge in [-0.15, -0.1) is 0 Å². The van der Waals surface area contributed by atoms with E-state index in [4.69, 9.17) is 0 Å². The molecule has 5 nitrogen and oxygen atoms in total. The van der Waals surface area contributed by atoms with E-state index in [9.17, 15) is 17.6 Å². The number of esters is 1. The van der Waals surface area contributed by atoms with Gasteiger partial charge in [0.25, 0.3) is 0 Å². The van der Waals surface area contributed by atoms with Crippen molar-refractivity contribution in [3.8, 4) is 0 Å². The van der Waals surface area contributed by atoms with E-state index in [1.807, 2.05) is 6.92 Å². The molecule has 1 aromatic rings. The van der Waals surface area contributed by atoms with Crippen LogP contribution in [0.1, 0.15) is 43.0 Å². The van der Waals surface area contributed by atoms with Gasteiger partial charge in [-0.2, -0.15) is 0 Å². The lowest BCUT2D eigenvalue weighted by Gasteiger charge is -2.41. The topological polar surface area (TPSA) is 72.5 Å². The summed E-state index contributed by atoms with van der Waals surface area (Å²) in [6.07, 6.45) is 3.08. The number of hydrogen-bond donors (Lipinski definition) is 1. The van der Waals surface area contributed by atoms with Crippen molar-refractivity contribution in [1.29, 1.82) is 0 Å². The highest BCUT2D eigenvalue weighted by atomic mass is 32.2. The molecule has 0 aliphatic heterocycles. The molecule has 1 fully saturated rings. The molecular weight excluding hydrogens is 297 g/mol. The van der Waals surface area contributed by atoms with Crippen LogP contribution in [-0.2, 0) is 14.8 Å². The molecule has 21 heavy (non-hydrogen) atoms. The van der Waals surface area contributed by atoms with Gasteiger partial charge in [-0.05, 0) is 43.9 Å². The van der Waals surface area contributed by atoms with Crippen LogP contribution < -0.4 is 4.72 Å². The number of methoxy groups -OCH3 is 1. The smallest absolute Gasteiger partial charge is 0.339 e. The second kappa shape index (κ2) is 5.73. The van der Waals surface area contributed by atoms with Crippen LogP contribution in [0.2, 0.25) is 0 Å². The van der Waals surface area contributed by atoms with E-state index < -0.39 is 27.3 Å². The van der Waals surface area contributed by atoms with Gasteiger partial charge < -0.3 is 4.74 Å². The number of nitrogens with one attached hydrogen (secondary N) is 1. The van der Waals surface area contributed by atoms with E-state index in [0.29, 0.717) is 6.42 Å². The van der Waals surface area contributed by atoms with Crippen LogP contribution in [0.25, 0.3) is 0 Å². The van der Waals surface area contributed by atoms with Gasteiger partial charge in [0.05, 0.1) is 17.6 Å². The van der Waals surface area contributed by atoms with Crippen LogP contribution in [0, 0.1) is 5.82 Å². The number of benzene rings is 1. The summed E-state index contributed by atoms with van der Waals surface area (Å²) in [6, 6.07) is 3.00. The average molecular weight is 315 g/mol. The standard InChI is InChI=1S/C14H18FNO4S/c1-3-14(7-4-8-14)16-21(18,19)12-9-10(15)5-6-11(12)13(17)20-2/h5-6,9,16H,3-4,7-8H2,1-2H3. The minimum absolute atomic E-state index is 0.169. The van der Waals surface area contributed by atoms with E-state index in [0.717, 1.165) is 44.6 Å². The Morgan fingerprint density at radius 1 is 1.43 bits per heavy atom. The highest BCUT2D eigenvalue weighted by Gasteiger charge is 2.40. The van der Waals surface area contributed by atoms with Gasteiger partial charge in [0.15, 0.2) is 0 Å². The molecule has 1 aliphatic rings. The Hall–Kier alpha value is -1.47. The quantitative estimate of drug-likeness (QED) is 0.846. The van der Waals surface area contributed by atoms with Gasteiger partial charge >= 0.3 is 5.97 Å². The lowest BCUT2D eigenvalue weighted by Crippen LogP contribution is -2.53. The molecule has 116 valence electrons. The fourth-order valence-corrected chi connectivity index (χ4v) is 4.21. The Morgan fingerprint density at radius 3 is 2.57 bits per heavy atom. The summed E-state index contributed by atoms with van der Waals surface area (Å²) < 4.78 is 45.6. The SMILES string of the molecule is CCC1(NS(=O)(=O)c2cc(F)ccc2C(=O)OC)CCC1. The molecule has 1 aliphatic carbocycles. The third-order valence-corrected chi connectivity index (χ3v) is 5.60. The minimum Gasteiger partial charge on any atom is -0.465 e. The minimum atomic E-state index is -3.99. The van der Waals surface area contributed by atoms with E-state index in [1.54, 1.807) is 0 Å². The summed E-state index contributed by atoms with van der Waals surface area (Å²) in [5.41, 5.74) is -0.657. The number of rotatable bonds is 5. The maximum atomic E-state index is 13.4. The monoisotopic (exact) mass is 315 g/mol. The summed E-state index contributed by atoms with van der Waals surface area (Å²) in [6.45, 7) is 1.90. The van der Waals surface area contributed by atoms with Gasteiger partial charge in [0.2, 0.25) is 10.0 Å². The molecule has 0 heterocycles. The van der Waals surface area contributed by atoms with Gasteiger partial charge in [0.1, 0.15) is 5.82 Å². The highest BCUT2D eigenvalue weighted by Crippen LogP contribution is 2.36. The van der Waals surface area contributed by atoms with Crippen LogP contribution in [0.3, 0.4) is 0 Å². The molecule has 0 atom stereocenters. The zero-order valence-corrected chi connectivity index (χ0v) is 12.8. The maximum absolute atomic E-state index is 13.4. The highest BCUT2D eigenvalue weighted by molar-refractivity contribution is 7.89. The predicted molar refractivity (Wildman–Crippen MR) is 74.9 cm³/mol. The first-order valence-electron chi connectivity index (χ1n) is 6.75. The molecule has 0 amide bonds. The zero-order valence-electron chi connectivity index (χ0n) is 12.0. The Kier molecular flexibility index (Phi) is 4.34. The van der Waals surface area contributed by atoms with Crippen LogP contribution in [0.5, 0.6) is 0 Å². The number of ether oxygens (including phenoxy) is 1. The van der Waals surface area contributed by atoms with Crippen molar-refractivity contribution in [3.05, 3.63) is 29.6 Å². The fourth-order valence-electron chi connectivity index (χ4n) is 2.47.